The van der Waals surface area contributed by atoms with Gasteiger partial charge in [-0.3, -0.25) is 0 Å². The summed E-state index contributed by atoms with van der Waals surface area (Å²) in [4.78, 5) is 11.6. The molecule has 0 aliphatic heterocycles. The van der Waals surface area contributed by atoms with Gasteiger partial charge in [0.2, 0.25) is 0 Å². The summed E-state index contributed by atoms with van der Waals surface area (Å²) in [7, 11) is 0. The maximum atomic E-state index is 10.7. The summed E-state index contributed by atoms with van der Waals surface area (Å²) in [6, 6.07) is 12.0. The standard InChI is InChI=1S/C14H8BrNO2S/c15-13-6-5-12(19-13)7-11(8-16)9-1-3-10(4-2-9)14(17)18/h1-7H,(H,17,18)/p-1/b11-7+. The summed E-state index contributed by atoms with van der Waals surface area (Å²) in [5, 5.41) is 19.8. The average molecular weight is 333 g/mol. The van der Waals surface area contributed by atoms with E-state index in [1.54, 1.807) is 18.2 Å². The lowest BCUT2D eigenvalue weighted by Gasteiger charge is -2.03. The molecule has 3 nitrogen and oxygen atoms in total. The van der Waals surface area contributed by atoms with E-state index in [4.69, 9.17) is 0 Å². The zero-order chi connectivity index (χ0) is 13.8. The molecule has 0 fully saturated rings. The van der Waals surface area contributed by atoms with Crippen LogP contribution < -0.4 is 5.11 Å². The Kier molecular flexibility index (Phi) is 4.15. The number of benzene rings is 1. The normalized spacial score (nSPS) is 11.1. The van der Waals surface area contributed by atoms with Crippen molar-refractivity contribution >= 4 is 44.9 Å². The minimum atomic E-state index is -1.23. The highest BCUT2D eigenvalue weighted by Crippen LogP contribution is 2.26. The van der Waals surface area contributed by atoms with E-state index in [1.807, 2.05) is 12.1 Å². The predicted octanol–water partition coefficient (Wildman–Crippen LogP) is 2.94. The number of allylic oxidation sites excluding steroid dienone is 1. The maximum absolute atomic E-state index is 10.7. The third-order valence-electron chi connectivity index (χ3n) is 2.43. The fourth-order valence-electron chi connectivity index (χ4n) is 1.51. The van der Waals surface area contributed by atoms with E-state index in [-0.39, 0.29) is 5.56 Å². The molecule has 0 atom stereocenters. The van der Waals surface area contributed by atoms with Crippen LogP contribution in [0.5, 0.6) is 0 Å². The molecule has 1 aromatic carbocycles. The topological polar surface area (TPSA) is 63.9 Å². The number of nitrogens with zero attached hydrogens (tertiary/aromatic N) is 1. The zero-order valence-corrected chi connectivity index (χ0v) is 12.0. The Morgan fingerprint density at radius 2 is 1.84 bits per heavy atom. The van der Waals surface area contributed by atoms with Gasteiger partial charge in [0.25, 0.3) is 0 Å². The van der Waals surface area contributed by atoms with Crippen LogP contribution in [0.15, 0.2) is 40.2 Å². The van der Waals surface area contributed by atoms with Crippen molar-refractivity contribution < 1.29 is 9.90 Å². The SMILES string of the molecule is N#C/C(=C\c1ccc(Br)s1)c1ccc(C(=O)[O-])cc1. The minimum absolute atomic E-state index is 0.0971. The molecule has 0 saturated carbocycles. The Morgan fingerprint density at radius 3 is 2.32 bits per heavy atom. The fourth-order valence-corrected chi connectivity index (χ4v) is 2.88. The van der Waals surface area contributed by atoms with E-state index in [1.165, 1.54) is 23.5 Å². The largest absolute Gasteiger partial charge is 0.545 e. The number of carboxylic acids is 1. The first-order valence-electron chi connectivity index (χ1n) is 5.29. The molecule has 0 unspecified atom stereocenters. The van der Waals surface area contributed by atoms with E-state index in [0.29, 0.717) is 11.1 Å². The van der Waals surface area contributed by atoms with Gasteiger partial charge in [0, 0.05) is 4.88 Å². The summed E-state index contributed by atoms with van der Waals surface area (Å²) < 4.78 is 0.989. The van der Waals surface area contributed by atoms with E-state index in [9.17, 15) is 15.2 Å². The Bertz CT molecular complexity index is 680. The highest BCUT2D eigenvalue weighted by atomic mass is 79.9. The fraction of sp³-hybridized carbons (Fsp3) is 0. The molecule has 0 aliphatic rings. The van der Waals surface area contributed by atoms with Gasteiger partial charge >= 0.3 is 0 Å². The number of hydrogen-bond acceptors (Lipinski definition) is 4. The smallest absolute Gasteiger partial charge is 0.0998 e. The molecular weight excluding hydrogens is 326 g/mol. The van der Waals surface area contributed by atoms with Crippen LogP contribution in [0, 0.1) is 11.3 Å². The average Bonchev–Trinajstić information content (AvgIpc) is 2.81. The zero-order valence-electron chi connectivity index (χ0n) is 9.59. The van der Waals surface area contributed by atoms with Gasteiger partial charge in [0.05, 0.1) is 21.4 Å². The molecule has 0 bridgehead atoms. The Morgan fingerprint density at radius 1 is 1.21 bits per heavy atom. The Hall–Kier alpha value is -1.90. The second-order valence-corrected chi connectivity index (χ2v) is 6.17. The van der Waals surface area contributed by atoms with Gasteiger partial charge in [-0.05, 0) is 45.3 Å². The molecule has 0 radical (unpaired) electrons. The third-order valence-corrected chi connectivity index (χ3v) is 4.00. The lowest BCUT2D eigenvalue weighted by molar-refractivity contribution is -0.255. The molecule has 0 N–H and O–H groups in total. The number of rotatable bonds is 3. The first kappa shape index (κ1) is 13.5. The maximum Gasteiger partial charge on any atom is 0.0998 e. The van der Waals surface area contributed by atoms with Crippen LogP contribution in [0.3, 0.4) is 0 Å². The van der Waals surface area contributed by atoms with Crippen molar-refractivity contribution in [3.63, 3.8) is 0 Å². The number of nitriles is 1. The van der Waals surface area contributed by atoms with Gasteiger partial charge in [-0.1, -0.05) is 24.3 Å². The number of aromatic carboxylic acids is 1. The first-order valence-corrected chi connectivity index (χ1v) is 6.90. The van der Waals surface area contributed by atoms with E-state index in [2.05, 4.69) is 22.0 Å². The van der Waals surface area contributed by atoms with Gasteiger partial charge in [-0.2, -0.15) is 5.26 Å². The quantitative estimate of drug-likeness (QED) is 0.811. The summed E-state index contributed by atoms with van der Waals surface area (Å²) in [5.41, 5.74) is 1.26. The van der Waals surface area contributed by atoms with Crippen molar-refractivity contribution in [2.45, 2.75) is 0 Å². The molecule has 5 heteroatoms. The lowest BCUT2D eigenvalue weighted by Crippen LogP contribution is -2.21. The van der Waals surface area contributed by atoms with Gasteiger partial charge in [-0.25, -0.2) is 0 Å². The molecule has 1 aromatic heterocycles. The highest BCUT2D eigenvalue weighted by molar-refractivity contribution is 9.11. The van der Waals surface area contributed by atoms with Crippen molar-refractivity contribution in [2.75, 3.05) is 0 Å². The van der Waals surface area contributed by atoms with E-state index >= 15 is 0 Å². The molecule has 1 heterocycles. The number of carboxylic acid groups (broad SMARTS) is 1. The van der Waals surface area contributed by atoms with Crippen molar-refractivity contribution in [2.24, 2.45) is 0 Å². The van der Waals surface area contributed by atoms with Gasteiger partial charge in [0.15, 0.2) is 0 Å². The molecule has 0 saturated heterocycles. The number of halogens is 1. The minimum Gasteiger partial charge on any atom is -0.545 e. The monoisotopic (exact) mass is 332 g/mol. The second kappa shape index (κ2) is 5.83. The molecule has 0 aliphatic carbocycles. The summed E-state index contributed by atoms with van der Waals surface area (Å²) in [5.74, 6) is -1.23. The summed E-state index contributed by atoms with van der Waals surface area (Å²) in [6.07, 6.45) is 1.77. The molecule has 19 heavy (non-hydrogen) atoms. The lowest BCUT2D eigenvalue weighted by atomic mass is 10.0. The van der Waals surface area contributed by atoms with E-state index < -0.39 is 5.97 Å². The van der Waals surface area contributed by atoms with Crippen molar-refractivity contribution in [3.8, 4) is 6.07 Å². The Labute approximate surface area is 122 Å². The molecule has 2 rings (SSSR count). The number of carbonyl (C=O) groups is 1. The van der Waals surface area contributed by atoms with Crippen LogP contribution in [0.4, 0.5) is 0 Å². The van der Waals surface area contributed by atoms with Gasteiger partial charge < -0.3 is 9.90 Å². The van der Waals surface area contributed by atoms with Crippen LogP contribution >= 0.6 is 27.3 Å². The molecule has 0 spiro atoms. The van der Waals surface area contributed by atoms with Crippen LogP contribution in [0.1, 0.15) is 20.8 Å². The van der Waals surface area contributed by atoms with Crippen LogP contribution in [-0.2, 0) is 0 Å². The molecule has 2 aromatic rings. The second-order valence-electron chi connectivity index (χ2n) is 3.68. The Balaban J connectivity index is 2.35. The molecule has 94 valence electrons. The highest BCUT2D eigenvalue weighted by Gasteiger charge is 2.03. The van der Waals surface area contributed by atoms with Crippen molar-refractivity contribution in [1.82, 2.24) is 0 Å². The van der Waals surface area contributed by atoms with Gasteiger partial charge in [0.1, 0.15) is 0 Å². The summed E-state index contributed by atoms with van der Waals surface area (Å²) in [6.45, 7) is 0. The number of carbonyl (C=O) groups excluding carboxylic acids is 1. The van der Waals surface area contributed by atoms with Crippen molar-refractivity contribution in [3.05, 3.63) is 56.2 Å². The van der Waals surface area contributed by atoms with Crippen molar-refractivity contribution in [1.29, 1.82) is 5.26 Å². The number of thiophene rings is 1. The van der Waals surface area contributed by atoms with Crippen LogP contribution in [-0.4, -0.2) is 5.97 Å². The summed E-state index contributed by atoms with van der Waals surface area (Å²) >= 11 is 4.88. The number of hydrogen-bond donors (Lipinski definition) is 0. The first-order chi connectivity index (χ1) is 9.10. The predicted molar refractivity (Wildman–Crippen MR) is 76.3 cm³/mol. The van der Waals surface area contributed by atoms with Crippen LogP contribution in [0.2, 0.25) is 0 Å². The van der Waals surface area contributed by atoms with E-state index in [0.717, 1.165) is 8.66 Å². The van der Waals surface area contributed by atoms with Gasteiger partial charge in [-0.15, -0.1) is 11.3 Å². The third kappa shape index (κ3) is 3.31. The molecule has 0 amide bonds. The van der Waals surface area contributed by atoms with Crippen LogP contribution in [0.25, 0.3) is 11.6 Å². The molecular formula is C14H7BrNO2S-.